The van der Waals surface area contributed by atoms with Crippen LogP contribution in [0.5, 0.6) is 0 Å². The molecule has 0 radical (unpaired) electrons. The van der Waals surface area contributed by atoms with Crippen molar-refractivity contribution in [1.29, 1.82) is 0 Å². The Balaban J connectivity index is 2.04. The van der Waals surface area contributed by atoms with Gasteiger partial charge in [-0.05, 0) is 25.5 Å². The Hall–Kier alpha value is -1.42. The highest BCUT2D eigenvalue weighted by molar-refractivity contribution is 5.94. The average molecular weight is 219 g/mol. The van der Waals surface area contributed by atoms with Crippen LogP contribution < -0.4 is 5.32 Å². The van der Waals surface area contributed by atoms with Crippen molar-refractivity contribution in [3.05, 3.63) is 30.1 Å². The number of aromatic nitrogens is 1. The van der Waals surface area contributed by atoms with E-state index in [4.69, 9.17) is 0 Å². The molecule has 0 aromatic carbocycles. The van der Waals surface area contributed by atoms with Gasteiger partial charge in [0.25, 0.3) is 5.91 Å². The molecule has 1 atom stereocenters. The molecule has 1 aliphatic heterocycles. The molecule has 0 bridgehead atoms. The number of nitrogens with zero attached hydrogens (tertiary/aromatic N) is 2. The Morgan fingerprint density at radius 2 is 2.19 bits per heavy atom. The first-order valence-electron chi connectivity index (χ1n) is 5.70. The highest BCUT2D eigenvalue weighted by atomic mass is 16.2. The number of rotatable bonds is 1. The lowest BCUT2D eigenvalue weighted by atomic mass is 10.2. The first kappa shape index (κ1) is 11.1. The first-order valence-corrected chi connectivity index (χ1v) is 5.70. The Kier molecular flexibility index (Phi) is 3.51. The SMILES string of the molecule is CC1CCN(C(=O)c2ccncc2)CCN1. The van der Waals surface area contributed by atoms with Gasteiger partial charge in [-0.25, -0.2) is 0 Å². The topological polar surface area (TPSA) is 45.2 Å². The van der Waals surface area contributed by atoms with Crippen molar-refractivity contribution in [2.24, 2.45) is 0 Å². The Morgan fingerprint density at radius 1 is 1.44 bits per heavy atom. The van der Waals surface area contributed by atoms with Crippen LogP contribution in [-0.2, 0) is 0 Å². The van der Waals surface area contributed by atoms with Crippen LogP contribution in [0.2, 0.25) is 0 Å². The van der Waals surface area contributed by atoms with E-state index in [9.17, 15) is 4.79 Å². The van der Waals surface area contributed by atoms with Gasteiger partial charge in [-0.1, -0.05) is 0 Å². The van der Waals surface area contributed by atoms with Gasteiger partial charge in [0.05, 0.1) is 0 Å². The van der Waals surface area contributed by atoms with Gasteiger partial charge in [0.1, 0.15) is 0 Å². The molecule has 1 unspecified atom stereocenters. The molecule has 0 aliphatic carbocycles. The quantitative estimate of drug-likeness (QED) is 0.763. The molecule has 16 heavy (non-hydrogen) atoms. The van der Waals surface area contributed by atoms with E-state index in [2.05, 4.69) is 17.2 Å². The van der Waals surface area contributed by atoms with Gasteiger partial charge in [-0.3, -0.25) is 9.78 Å². The largest absolute Gasteiger partial charge is 0.337 e. The minimum Gasteiger partial charge on any atom is -0.337 e. The molecule has 86 valence electrons. The molecule has 1 amide bonds. The standard InChI is InChI=1S/C12H17N3O/c1-10-4-8-15(9-7-14-10)12(16)11-2-5-13-6-3-11/h2-3,5-6,10,14H,4,7-9H2,1H3. The van der Waals surface area contributed by atoms with Gasteiger partial charge < -0.3 is 10.2 Å². The number of carbonyl (C=O) groups is 1. The molecular formula is C12H17N3O. The summed E-state index contributed by atoms with van der Waals surface area (Å²) < 4.78 is 0. The summed E-state index contributed by atoms with van der Waals surface area (Å²) >= 11 is 0. The Bertz CT molecular complexity index is 353. The molecule has 2 heterocycles. The zero-order valence-corrected chi connectivity index (χ0v) is 9.52. The predicted octanol–water partition coefficient (Wildman–Crippen LogP) is 0.906. The molecule has 4 nitrogen and oxygen atoms in total. The minimum absolute atomic E-state index is 0.110. The smallest absolute Gasteiger partial charge is 0.254 e. The third kappa shape index (κ3) is 2.58. The molecule has 1 fully saturated rings. The van der Waals surface area contributed by atoms with E-state index in [1.54, 1.807) is 24.5 Å². The zero-order chi connectivity index (χ0) is 11.4. The third-order valence-electron chi connectivity index (χ3n) is 2.92. The van der Waals surface area contributed by atoms with Crippen molar-refractivity contribution in [2.45, 2.75) is 19.4 Å². The maximum atomic E-state index is 12.1. The summed E-state index contributed by atoms with van der Waals surface area (Å²) in [6.07, 6.45) is 4.33. The number of amides is 1. The molecule has 0 saturated carbocycles. The summed E-state index contributed by atoms with van der Waals surface area (Å²) in [7, 11) is 0. The van der Waals surface area contributed by atoms with Gasteiger partial charge in [0.15, 0.2) is 0 Å². The lowest BCUT2D eigenvalue weighted by Crippen LogP contribution is -2.34. The van der Waals surface area contributed by atoms with Crippen LogP contribution in [0, 0.1) is 0 Å². The third-order valence-corrected chi connectivity index (χ3v) is 2.92. The van der Waals surface area contributed by atoms with Crippen molar-refractivity contribution in [3.8, 4) is 0 Å². The summed E-state index contributed by atoms with van der Waals surface area (Å²) in [5, 5.41) is 3.37. The average Bonchev–Trinajstić information content (AvgIpc) is 2.54. The molecule has 0 spiro atoms. The van der Waals surface area contributed by atoms with Gasteiger partial charge in [-0.2, -0.15) is 0 Å². The molecule has 1 aromatic rings. The van der Waals surface area contributed by atoms with E-state index in [0.29, 0.717) is 6.04 Å². The van der Waals surface area contributed by atoms with Crippen LogP contribution in [0.15, 0.2) is 24.5 Å². The highest BCUT2D eigenvalue weighted by Crippen LogP contribution is 2.07. The fourth-order valence-electron chi connectivity index (χ4n) is 1.89. The molecule has 1 aromatic heterocycles. The number of pyridine rings is 1. The summed E-state index contributed by atoms with van der Waals surface area (Å²) in [6.45, 7) is 4.64. The number of hydrogen-bond donors (Lipinski definition) is 1. The van der Waals surface area contributed by atoms with Crippen molar-refractivity contribution in [3.63, 3.8) is 0 Å². The fraction of sp³-hybridized carbons (Fsp3) is 0.500. The summed E-state index contributed by atoms with van der Waals surface area (Å²) in [4.78, 5) is 18.0. The lowest BCUT2D eigenvalue weighted by Gasteiger charge is -2.19. The lowest BCUT2D eigenvalue weighted by molar-refractivity contribution is 0.0765. The normalized spacial score (nSPS) is 21.6. The van der Waals surface area contributed by atoms with E-state index in [1.807, 2.05) is 4.90 Å². The molecule has 1 saturated heterocycles. The van der Waals surface area contributed by atoms with Crippen molar-refractivity contribution in [1.82, 2.24) is 15.2 Å². The number of hydrogen-bond acceptors (Lipinski definition) is 3. The fourth-order valence-corrected chi connectivity index (χ4v) is 1.89. The predicted molar refractivity (Wildman–Crippen MR) is 62.2 cm³/mol. The van der Waals surface area contributed by atoms with Crippen LogP contribution in [0.4, 0.5) is 0 Å². The van der Waals surface area contributed by atoms with Crippen LogP contribution >= 0.6 is 0 Å². The molecule has 4 heteroatoms. The van der Waals surface area contributed by atoms with E-state index in [1.165, 1.54) is 0 Å². The number of nitrogens with one attached hydrogen (secondary N) is 1. The van der Waals surface area contributed by atoms with E-state index < -0.39 is 0 Å². The van der Waals surface area contributed by atoms with E-state index >= 15 is 0 Å². The maximum absolute atomic E-state index is 12.1. The van der Waals surface area contributed by atoms with Crippen LogP contribution in [-0.4, -0.2) is 41.5 Å². The number of carbonyl (C=O) groups excluding carboxylic acids is 1. The van der Waals surface area contributed by atoms with E-state index in [0.717, 1.165) is 31.6 Å². The Labute approximate surface area is 95.7 Å². The second kappa shape index (κ2) is 5.07. The van der Waals surface area contributed by atoms with E-state index in [-0.39, 0.29) is 5.91 Å². The van der Waals surface area contributed by atoms with Gasteiger partial charge in [-0.15, -0.1) is 0 Å². The minimum atomic E-state index is 0.110. The second-order valence-corrected chi connectivity index (χ2v) is 4.17. The highest BCUT2D eigenvalue weighted by Gasteiger charge is 2.18. The van der Waals surface area contributed by atoms with Gasteiger partial charge >= 0.3 is 0 Å². The first-order chi connectivity index (χ1) is 7.77. The molecule has 1 N–H and O–H groups in total. The van der Waals surface area contributed by atoms with Crippen LogP contribution in [0.1, 0.15) is 23.7 Å². The summed E-state index contributed by atoms with van der Waals surface area (Å²) in [5.74, 6) is 0.110. The van der Waals surface area contributed by atoms with Crippen molar-refractivity contribution < 1.29 is 4.79 Å². The molecular weight excluding hydrogens is 202 g/mol. The zero-order valence-electron chi connectivity index (χ0n) is 9.52. The van der Waals surface area contributed by atoms with Crippen molar-refractivity contribution >= 4 is 5.91 Å². The molecule has 1 aliphatic rings. The maximum Gasteiger partial charge on any atom is 0.254 e. The Morgan fingerprint density at radius 3 is 2.94 bits per heavy atom. The monoisotopic (exact) mass is 219 g/mol. The van der Waals surface area contributed by atoms with Gasteiger partial charge in [0.2, 0.25) is 0 Å². The summed E-state index contributed by atoms with van der Waals surface area (Å²) in [6, 6.07) is 4.03. The van der Waals surface area contributed by atoms with Gasteiger partial charge in [0, 0.05) is 43.6 Å². The summed E-state index contributed by atoms with van der Waals surface area (Å²) in [5.41, 5.74) is 0.726. The van der Waals surface area contributed by atoms with Crippen LogP contribution in [0.25, 0.3) is 0 Å². The molecule has 2 rings (SSSR count). The second-order valence-electron chi connectivity index (χ2n) is 4.17. The van der Waals surface area contributed by atoms with Crippen LogP contribution in [0.3, 0.4) is 0 Å². The van der Waals surface area contributed by atoms with Crippen molar-refractivity contribution in [2.75, 3.05) is 19.6 Å².